The molecule has 0 radical (unpaired) electrons. The van der Waals surface area contributed by atoms with Gasteiger partial charge in [-0.3, -0.25) is 4.79 Å². The van der Waals surface area contributed by atoms with Crippen molar-refractivity contribution in [3.05, 3.63) is 21.4 Å². The Morgan fingerprint density at radius 3 is 2.75 bits per heavy atom. The molecular formula is C13H17ClOS. The molecule has 1 nitrogen and oxygen atoms in total. The number of carbonyl (C=O) groups excluding carboxylic acids is 1. The summed E-state index contributed by atoms with van der Waals surface area (Å²) in [6.45, 7) is 6.88. The summed E-state index contributed by atoms with van der Waals surface area (Å²) in [5, 5.41) is -0.313. The largest absolute Gasteiger partial charge is 0.275 e. The summed E-state index contributed by atoms with van der Waals surface area (Å²) < 4.78 is 0. The van der Waals surface area contributed by atoms with Gasteiger partial charge in [-0.2, -0.15) is 0 Å². The first-order valence-corrected chi connectivity index (χ1v) is 6.89. The molecule has 2 rings (SSSR count). The molecule has 1 atom stereocenters. The number of thiophene rings is 1. The van der Waals surface area contributed by atoms with E-state index in [1.165, 1.54) is 16.9 Å². The molecular weight excluding hydrogens is 240 g/mol. The molecule has 0 amide bonds. The molecule has 1 aromatic heterocycles. The fraction of sp³-hybridized carbons (Fsp3) is 0.615. The number of carbonyl (C=O) groups is 1. The summed E-state index contributed by atoms with van der Waals surface area (Å²) in [7, 11) is 0. The van der Waals surface area contributed by atoms with Crippen LogP contribution in [0.25, 0.3) is 0 Å². The van der Waals surface area contributed by atoms with Crippen LogP contribution in [0, 0.1) is 11.3 Å². The van der Waals surface area contributed by atoms with Crippen LogP contribution in [0.3, 0.4) is 0 Å². The van der Waals surface area contributed by atoms with Crippen LogP contribution in [0.1, 0.15) is 47.3 Å². The number of aryl methyl sites for hydroxylation is 1. The quantitative estimate of drug-likeness (QED) is 0.686. The first kappa shape index (κ1) is 12.1. The number of halogens is 1. The minimum absolute atomic E-state index is 0.313. The van der Waals surface area contributed by atoms with Crippen molar-refractivity contribution in [2.75, 3.05) is 0 Å². The second-order valence-electron chi connectivity index (χ2n) is 5.64. The lowest BCUT2D eigenvalue weighted by Gasteiger charge is -2.33. The van der Waals surface area contributed by atoms with Crippen molar-refractivity contribution in [2.24, 2.45) is 11.3 Å². The Morgan fingerprint density at radius 1 is 1.50 bits per heavy atom. The molecule has 16 heavy (non-hydrogen) atoms. The van der Waals surface area contributed by atoms with Crippen LogP contribution in [-0.4, -0.2) is 5.24 Å². The highest BCUT2D eigenvalue weighted by Gasteiger charge is 2.30. The predicted octanol–water partition coefficient (Wildman–Crippen LogP) is 4.28. The molecule has 1 aliphatic carbocycles. The van der Waals surface area contributed by atoms with E-state index in [4.69, 9.17) is 11.6 Å². The Morgan fingerprint density at radius 2 is 2.19 bits per heavy atom. The number of hydrogen-bond donors (Lipinski definition) is 0. The van der Waals surface area contributed by atoms with Gasteiger partial charge in [-0.25, -0.2) is 0 Å². The van der Waals surface area contributed by atoms with Crippen LogP contribution in [0.4, 0.5) is 0 Å². The molecule has 0 unspecified atom stereocenters. The van der Waals surface area contributed by atoms with Crippen molar-refractivity contribution in [3.8, 4) is 0 Å². The molecule has 0 saturated heterocycles. The van der Waals surface area contributed by atoms with Crippen molar-refractivity contribution < 1.29 is 4.79 Å². The highest BCUT2D eigenvalue weighted by Crippen LogP contribution is 2.40. The van der Waals surface area contributed by atoms with Crippen LogP contribution in [-0.2, 0) is 12.8 Å². The third-order valence-electron chi connectivity index (χ3n) is 3.50. The number of rotatable bonds is 1. The summed E-state index contributed by atoms with van der Waals surface area (Å²) in [5.74, 6) is 0.716. The van der Waals surface area contributed by atoms with Crippen LogP contribution in [0.15, 0.2) is 6.07 Å². The fourth-order valence-corrected chi connectivity index (χ4v) is 3.57. The van der Waals surface area contributed by atoms with Crippen LogP contribution in [0.5, 0.6) is 0 Å². The molecule has 0 bridgehead atoms. The SMILES string of the molecule is CC(C)(C)[C@@H]1CCc2sc(C(=O)Cl)cc2C1. The third kappa shape index (κ3) is 2.33. The van der Waals surface area contributed by atoms with E-state index in [0.717, 1.165) is 12.8 Å². The van der Waals surface area contributed by atoms with Gasteiger partial charge in [0, 0.05) is 4.88 Å². The number of fused-ring (bicyclic) bond motifs is 1. The molecule has 1 aromatic rings. The lowest BCUT2D eigenvalue weighted by molar-refractivity contribution is 0.108. The Kier molecular flexibility index (Phi) is 3.15. The molecule has 0 saturated carbocycles. The van der Waals surface area contributed by atoms with E-state index in [9.17, 15) is 4.79 Å². The normalized spacial score (nSPS) is 20.6. The smallest absolute Gasteiger partial charge is 0.262 e. The van der Waals surface area contributed by atoms with Crippen molar-refractivity contribution in [1.29, 1.82) is 0 Å². The first-order chi connectivity index (χ1) is 7.38. The lowest BCUT2D eigenvalue weighted by atomic mass is 9.72. The molecule has 88 valence electrons. The summed E-state index contributed by atoms with van der Waals surface area (Å²) >= 11 is 7.10. The van der Waals surface area contributed by atoms with Gasteiger partial charge in [-0.1, -0.05) is 20.8 Å². The zero-order chi connectivity index (χ0) is 11.9. The van der Waals surface area contributed by atoms with Crippen LogP contribution < -0.4 is 0 Å². The van der Waals surface area contributed by atoms with Gasteiger partial charge < -0.3 is 0 Å². The summed E-state index contributed by atoms with van der Waals surface area (Å²) in [5.41, 5.74) is 1.70. The zero-order valence-electron chi connectivity index (χ0n) is 9.97. The Labute approximate surface area is 106 Å². The predicted molar refractivity (Wildman–Crippen MR) is 69.5 cm³/mol. The Balaban J connectivity index is 2.24. The maximum atomic E-state index is 11.1. The van der Waals surface area contributed by atoms with E-state index in [1.54, 1.807) is 11.3 Å². The van der Waals surface area contributed by atoms with Gasteiger partial charge in [0.25, 0.3) is 5.24 Å². The van der Waals surface area contributed by atoms with E-state index < -0.39 is 0 Å². The summed E-state index contributed by atoms with van der Waals surface area (Å²) in [4.78, 5) is 13.2. The van der Waals surface area contributed by atoms with Crippen molar-refractivity contribution in [1.82, 2.24) is 0 Å². The minimum Gasteiger partial charge on any atom is -0.275 e. The van der Waals surface area contributed by atoms with Gasteiger partial charge in [0.1, 0.15) is 0 Å². The lowest BCUT2D eigenvalue weighted by Crippen LogP contribution is -2.26. The second kappa shape index (κ2) is 4.15. The van der Waals surface area contributed by atoms with Crippen LogP contribution in [0.2, 0.25) is 0 Å². The van der Waals surface area contributed by atoms with Crippen molar-refractivity contribution in [2.45, 2.75) is 40.0 Å². The van der Waals surface area contributed by atoms with Gasteiger partial charge in [-0.15, -0.1) is 11.3 Å². The molecule has 0 aromatic carbocycles. The molecule has 0 N–H and O–H groups in total. The average Bonchev–Trinajstić information content (AvgIpc) is 2.58. The first-order valence-electron chi connectivity index (χ1n) is 5.69. The van der Waals surface area contributed by atoms with E-state index in [1.807, 2.05) is 6.07 Å². The molecule has 0 spiro atoms. The van der Waals surface area contributed by atoms with Gasteiger partial charge in [-0.05, 0) is 53.8 Å². The minimum atomic E-state index is -0.313. The molecule has 0 fully saturated rings. The topological polar surface area (TPSA) is 17.1 Å². The monoisotopic (exact) mass is 256 g/mol. The Hall–Kier alpha value is -0.340. The summed E-state index contributed by atoms with van der Waals surface area (Å²) in [6.07, 6.45) is 3.43. The van der Waals surface area contributed by atoms with Gasteiger partial charge >= 0.3 is 0 Å². The molecule has 1 heterocycles. The zero-order valence-corrected chi connectivity index (χ0v) is 11.5. The maximum Gasteiger partial charge on any atom is 0.262 e. The highest BCUT2D eigenvalue weighted by atomic mass is 35.5. The second-order valence-corrected chi connectivity index (χ2v) is 7.12. The number of hydrogen-bond acceptors (Lipinski definition) is 2. The summed E-state index contributed by atoms with van der Waals surface area (Å²) in [6, 6.07) is 1.99. The van der Waals surface area contributed by atoms with E-state index in [-0.39, 0.29) is 5.24 Å². The molecule has 3 heteroatoms. The van der Waals surface area contributed by atoms with Crippen molar-refractivity contribution >= 4 is 28.2 Å². The standard InChI is InChI=1S/C13H17ClOS/c1-13(2,3)9-4-5-10-8(6-9)7-11(16-10)12(14)15/h7,9H,4-6H2,1-3H3/t9-/m1/s1. The maximum absolute atomic E-state index is 11.1. The fourth-order valence-electron chi connectivity index (χ4n) is 2.36. The van der Waals surface area contributed by atoms with E-state index in [2.05, 4.69) is 20.8 Å². The molecule has 0 aliphatic heterocycles. The van der Waals surface area contributed by atoms with Gasteiger partial charge in [0.15, 0.2) is 0 Å². The van der Waals surface area contributed by atoms with E-state index in [0.29, 0.717) is 16.2 Å². The van der Waals surface area contributed by atoms with Crippen LogP contribution >= 0.6 is 22.9 Å². The van der Waals surface area contributed by atoms with Gasteiger partial charge in [0.2, 0.25) is 0 Å². The van der Waals surface area contributed by atoms with Gasteiger partial charge in [0.05, 0.1) is 4.88 Å². The average molecular weight is 257 g/mol. The van der Waals surface area contributed by atoms with Crippen molar-refractivity contribution in [3.63, 3.8) is 0 Å². The Bertz CT molecular complexity index is 414. The third-order valence-corrected chi connectivity index (χ3v) is 5.05. The highest BCUT2D eigenvalue weighted by molar-refractivity contribution is 7.15. The van der Waals surface area contributed by atoms with E-state index >= 15 is 0 Å². The molecule has 1 aliphatic rings.